The van der Waals surface area contributed by atoms with Crippen LogP contribution >= 0.6 is 0 Å². The molecule has 2 fully saturated rings. The van der Waals surface area contributed by atoms with Gasteiger partial charge in [-0.15, -0.1) is 0 Å². The van der Waals surface area contributed by atoms with Crippen LogP contribution in [0.5, 0.6) is 0 Å². The highest BCUT2D eigenvalue weighted by molar-refractivity contribution is 6.00. The van der Waals surface area contributed by atoms with Gasteiger partial charge in [0.1, 0.15) is 17.1 Å². The van der Waals surface area contributed by atoms with E-state index in [9.17, 15) is 14.9 Å². The summed E-state index contributed by atoms with van der Waals surface area (Å²) < 4.78 is 25.7. The molecule has 1 aromatic rings. The second-order valence-electron chi connectivity index (χ2n) is 6.11. The van der Waals surface area contributed by atoms with Crippen LogP contribution in [0, 0.1) is 39.3 Å². The highest BCUT2D eigenvalue weighted by Gasteiger charge is 2.94. The molecular formula is C16H13FN4O2. The van der Waals surface area contributed by atoms with Crippen molar-refractivity contribution in [3.05, 3.63) is 35.6 Å². The number of halogens is 1. The van der Waals surface area contributed by atoms with Gasteiger partial charge in [0.2, 0.25) is 0 Å². The van der Waals surface area contributed by atoms with E-state index in [-0.39, 0.29) is 24.1 Å². The largest absolute Gasteiger partial charge is 0.386 e. The minimum atomic E-state index is -1.64. The van der Waals surface area contributed by atoms with Gasteiger partial charge in [-0.2, -0.15) is 10.5 Å². The number of benzene rings is 1. The van der Waals surface area contributed by atoms with Crippen LogP contribution in [0.3, 0.4) is 0 Å². The summed E-state index contributed by atoms with van der Waals surface area (Å²) in [7, 11) is 0. The number of nitrogens with two attached hydrogens (primary N) is 1. The van der Waals surface area contributed by atoms with E-state index in [1.54, 1.807) is 25.1 Å². The SMILES string of the molecule is C[C@@H]1CO[C@]2(N=C(N)[C@]3(C#N)[C@@H](c4ccccc4F)[C@@]23C#N)O1. The molecule has 4 rings (SSSR count). The fourth-order valence-corrected chi connectivity index (χ4v) is 4.04. The summed E-state index contributed by atoms with van der Waals surface area (Å²) in [6, 6.07) is 10.3. The molecule has 23 heavy (non-hydrogen) atoms. The standard InChI is InChI=1S/C16H13FN4O2/c1-9-6-22-16(23-9)15(8-19)12(10-4-2-3-5-11(10)17)14(15,7-18)13(20)21-16/h2-5,9,12H,6H2,1H3,(H2,20,21)/t9-,12-,14+,15-,16+/m1/s1. The maximum absolute atomic E-state index is 14.3. The van der Waals surface area contributed by atoms with Crippen LogP contribution in [0.25, 0.3) is 0 Å². The Kier molecular flexibility index (Phi) is 2.51. The maximum atomic E-state index is 14.3. The van der Waals surface area contributed by atoms with Gasteiger partial charge >= 0.3 is 0 Å². The lowest BCUT2D eigenvalue weighted by Gasteiger charge is -2.26. The summed E-state index contributed by atoms with van der Waals surface area (Å²) in [4.78, 5) is 4.17. The minimum absolute atomic E-state index is 0.0381. The molecule has 2 N–H and O–H groups in total. The van der Waals surface area contributed by atoms with Crippen molar-refractivity contribution in [3.8, 4) is 12.1 Å². The van der Waals surface area contributed by atoms with Gasteiger partial charge in [-0.3, -0.25) is 0 Å². The van der Waals surface area contributed by atoms with Crippen LogP contribution < -0.4 is 5.73 Å². The first-order valence-electron chi connectivity index (χ1n) is 7.23. The van der Waals surface area contributed by atoms with Gasteiger partial charge in [-0.05, 0) is 18.6 Å². The molecule has 1 aromatic carbocycles. The summed E-state index contributed by atoms with van der Waals surface area (Å²) >= 11 is 0. The summed E-state index contributed by atoms with van der Waals surface area (Å²) in [5, 5.41) is 19.7. The van der Waals surface area contributed by atoms with Gasteiger partial charge in [0.15, 0.2) is 5.41 Å². The van der Waals surface area contributed by atoms with Crippen molar-refractivity contribution in [2.75, 3.05) is 6.61 Å². The number of nitrogens with zero attached hydrogens (tertiary/aromatic N) is 3. The number of hydrogen-bond donors (Lipinski definition) is 1. The van der Waals surface area contributed by atoms with E-state index in [1.165, 1.54) is 6.07 Å². The fourth-order valence-electron chi connectivity index (χ4n) is 4.04. The summed E-state index contributed by atoms with van der Waals surface area (Å²) in [6.45, 7) is 2.00. The zero-order chi connectivity index (χ0) is 16.5. The van der Waals surface area contributed by atoms with Gasteiger partial charge in [0.05, 0.1) is 24.8 Å². The van der Waals surface area contributed by atoms with Crippen molar-refractivity contribution in [2.24, 2.45) is 21.6 Å². The van der Waals surface area contributed by atoms with Gasteiger partial charge in [0, 0.05) is 5.92 Å². The van der Waals surface area contributed by atoms with E-state index in [1.807, 2.05) is 0 Å². The monoisotopic (exact) mass is 312 g/mol. The minimum Gasteiger partial charge on any atom is -0.386 e. The maximum Gasteiger partial charge on any atom is 0.293 e. The Morgan fingerprint density at radius 1 is 1.35 bits per heavy atom. The molecule has 1 aliphatic carbocycles. The molecule has 2 aliphatic heterocycles. The second kappa shape index (κ2) is 4.08. The normalized spacial score (nSPS) is 43.6. The van der Waals surface area contributed by atoms with Crippen molar-refractivity contribution in [1.82, 2.24) is 0 Å². The van der Waals surface area contributed by atoms with Crippen LogP contribution in [0.4, 0.5) is 4.39 Å². The Bertz CT molecular complexity index is 828. The van der Waals surface area contributed by atoms with Gasteiger partial charge in [0.25, 0.3) is 5.91 Å². The zero-order valence-corrected chi connectivity index (χ0v) is 12.3. The highest BCUT2D eigenvalue weighted by atomic mass is 19.1. The number of fused-ring (bicyclic) bond motifs is 2. The second-order valence-corrected chi connectivity index (χ2v) is 6.11. The lowest BCUT2D eigenvalue weighted by atomic mass is 9.94. The predicted octanol–water partition coefficient (Wildman–Crippen LogP) is 1.40. The van der Waals surface area contributed by atoms with E-state index in [0.29, 0.717) is 0 Å². The quantitative estimate of drug-likeness (QED) is 0.844. The summed E-state index contributed by atoms with van der Waals surface area (Å²) in [5.41, 5.74) is 3.33. The lowest BCUT2D eigenvalue weighted by molar-refractivity contribution is -0.193. The average molecular weight is 312 g/mol. The number of ether oxygens (including phenoxy) is 2. The van der Waals surface area contributed by atoms with Crippen molar-refractivity contribution >= 4 is 5.84 Å². The molecule has 0 radical (unpaired) electrons. The number of amidine groups is 1. The van der Waals surface area contributed by atoms with Gasteiger partial charge in [-0.1, -0.05) is 18.2 Å². The fraction of sp³-hybridized carbons (Fsp3) is 0.438. The van der Waals surface area contributed by atoms with Crippen LogP contribution in [0.2, 0.25) is 0 Å². The molecule has 2 heterocycles. The third-order valence-corrected chi connectivity index (χ3v) is 5.02. The first-order valence-corrected chi connectivity index (χ1v) is 7.23. The van der Waals surface area contributed by atoms with Gasteiger partial charge in [-0.25, -0.2) is 9.38 Å². The Morgan fingerprint density at radius 3 is 2.65 bits per heavy atom. The molecule has 0 amide bonds. The molecule has 1 saturated heterocycles. The van der Waals surface area contributed by atoms with Crippen LogP contribution in [0.15, 0.2) is 29.3 Å². The number of hydrogen-bond acceptors (Lipinski definition) is 6. The molecule has 7 heteroatoms. The number of nitriles is 2. The molecule has 5 atom stereocenters. The van der Waals surface area contributed by atoms with Crippen LogP contribution in [0.1, 0.15) is 18.4 Å². The van der Waals surface area contributed by atoms with Crippen molar-refractivity contribution in [3.63, 3.8) is 0 Å². The van der Waals surface area contributed by atoms with Crippen molar-refractivity contribution < 1.29 is 13.9 Å². The van der Waals surface area contributed by atoms with E-state index in [2.05, 4.69) is 17.1 Å². The van der Waals surface area contributed by atoms with E-state index >= 15 is 0 Å². The Morgan fingerprint density at radius 2 is 2.09 bits per heavy atom. The molecular weight excluding hydrogens is 299 g/mol. The Balaban J connectivity index is 1.95. The topological polar surface area (TPSA) is 104 Å². The van der Waals surface area contributed by atoms with E-state index in [0.717, 1.165) is 0 Å². The molecule has 0 aromatic heterocycles. The molecule has 6 nitrogen and oxygen atoms in total. The lowest BCUT2D eigenvalue weighted by Crippen LogP contribution is -2.39. The molecule has 0 bridgehead atoms. The molecule has 116 valence electrons. The molecule has 0 unspecified atom stereocenters. The number of rotatable bonds is 1. The van der Waals surface area contributed by atoms with Crippen molar-refractivity contribution in [1.29, 1.82) is 10.5 Å². The smallest absolute Gasteiger partial charge is 0.293 e. The Hall–Kier alpha value is -2.48. The Labute approximate surface area is 131 Å². The van der Waals surface area contributed by atoms with Crippen molar-refractivity contribution in [2.45, 2.75) is 24.9 Å². The number of aliphatic imine (C=N–C) groups is 1. The van der Waals surface area contributed by atoms with E-state index < -0.39 is 28.5 Å². The molecule has 1 saturated carbocycles. The first kappa shape index (κ1) is 14.1. The predicted molar refractivity (Wildman–Crippen MR) is 76.1 cm³/mol. The highest BCUT2D eigenvalue weighted by Crippen LogP contribution is 2.82. The summed E-state index contributed by atoms with van der Waals surface area (Å²) in [5.74, 6) is -2.96. The molecule has 1 spiro atoms. The average Bonchev–Trinajstić information content (AvgIpc) is 2.91. The zero-order valence-electron chi connectivity index (χ0n) is 12.3. The van der Waals surface area contributed by atoms with E-state index in [4.69, 9.17) is 15.2 Å². The first-order chi connectivity index (χ1) is 11.0. The third kappa shape index (κ3) is 1.28. The van der Waals surface area contributed by atoms with Gasteiger partial charge < -0.3 is 15.2 Å². The van der Waals surface area contributed by atoms with Crippen LogP contribution in [-0.2, 0) is 9.47 Å². The van der Waals surface area contributed by atoms with Crippen LogP contribution in [-0.4, -0.2) is 24.5 Å². The molecule has 3 aliphatic rings. The summed E-state index contributed by atoms with van der Waals surface area (Å²) in [6.07, 6.45) is -0.298. The third-order valence-electron chi connectivity index (χ3n) is 5.02.